The average molecular weight is 142 g/mol. The molecular weight excluding hydrogens is 128 g/mol. The molecule has 2 nitrogen and oxygen atoms in total. The minimum atomic E-state index is 0.260. The zero-order valence-corrected chi connectivity index (χ0v) is 6.43. The summed E-state index contributed by atoms with van der Waals surface area (Å²) in [5.41, 5.74) is 0.558. The minimum absolute atomic E-state index is 0.260. The summed E-state index contributed by atoms with van der Waals surface area (Å²) in [5.74, 6) is 0. The summed E-state index contributed by atoms with van der Waals surface area (Å²) in [5, 5.41) is 0. The molecule has 0 aliphatic heterocycles. The van der Waals surface area contributed by atoms with E-state index in [1.807, 2.05) is 0 Å². The van der Waals surface area contributed by atoms with E-state index in [1.54, 1.807) is 0 Å². The van der Waals surface area contributed by atoms with Crippen LogP contribution in [0.5, 0.6) is 0 Å². The molecule has 0 amide bonds. The third-order valence-electron chi connectivity index (χ3n) is 2.14. The normalized spacial score (nSPS) is 20.5. The molecule has 1 saturated carbocycles. The van der Waals surface area contributed by atoms with Crippen molar-refractivity contribution in [3.63, 3.8) is 0 Å². The van der Waals surface area contributed by atoms with Gasteiger partial charge in [0.15, 0.2) is 0 Å². The lowest BCUT2D eigenvalue weighted by atomic mass is 10.1. The number of hydrogen-bond donors (Lipinski definition) is 0. The van der Waals surface area contributed by atoms with Crippen molar-refractivity contribution in [1.29, 1.82) is 0 Å². The highest BCUT2D eigenvalue weighted by Crippen LogP contribution is 2.47. The molecule has 0 N–H and O–H groups in total. The van der Waals surface area contributed by atoms with Crippen LogP contribution in [0.3, 0.4) is 0 Å². The molecule has 0 aromatic heterocycles. The molecule has 10 heavy (non-hydrogen) atoms. The van der Waals surface area contributed by atoms with E-state index in [1.165, 1.54) is 12.8 Å². The van der Waals surface area contributed by atoms with Gasteiger partial charge >= 0.3 is 0 Å². The zero-order chi connectivity index (χ0) is 7.45. The number of aldehydes is 1. The van der Waals surface area contributed by atoms with Crippen LogP contribution in [0.4, 0.5) is 0 Å². The van der Waals surface area contributed by atoms with Gasteiger partial charge in [0.25, 0.3) is 0 Å². The molecule has 1 rings (SSSR count). The molecule has 0 aromatic carbocycles. The van der Waals surface area contributed by atoms with Gasteiger partial charge in [-0.15, -0.1) is 0 Å². The molecule has 0 heterocycles. The predicted octanol–water partition coefficient (Wildman–Crippen LogP) is 1.39. The van der Waals surface area contributed by atoms with Crippen LogP contribution in [0.15, 0.2) is 0 Å². The molecule has 1 fully saturated rings. The van der Waals surface area contributed by atoms with Crippen LogP contribution in [0.2, 0.25) is 0 Å². The van der Waals surface area contributed by atoms with Crippen LogP contribution in [0, 0.1) is 5.41 Å². The smallest absolute Gasteiger partial charge is 0.145 e. The van der Waals surface area contributed by atoms with E-state index in [0.717, 1.165) is 19.3 Å². The largest absolute Gasteiger partial charge is 0.374 e. The predicted molar refractivity (Wildman–Crippen MR) is 38.8 cm³/mol. The lowest BCUT2D eigenvalue weighted by Gasteiger charge is -2.05. The Labute approximate surface area is 61.6 Å². The third-order valence-corrected chi connectivity index (χ3v) is 2.14. The van der Waals surface area contributed by atoms with E-state index >= 15 is 0 Å². The molecule has 1 aliphatic rings. The van der Waals surface area contributed by atoms with E-state index in [4.69, 9.17) is 4.74 Å². The van der Waals surface area contributed by atoms with E-state index in [0.29, 0.717) is 5.41 Å². The molecular formula is C8H14O2. The molecule has 1 aliphatic carbocycles. The van der Waals surface area contributed by atoms with Crippen LogP contribution in [0.25, 0.3) is 0 Å². The van der Waals surface area contributed by atoms with Crippen LogP contribution in [-0.2, 0) is 9.53 Å². The molecule has 0 bridgehead atoms. The SMILES string of the molecule is CC1(CCOCC=O)CC1. The summed E-state index contributed by atoms with van der Waals surface area (Å²) >= 11 is 0. The van der Waals surface area contributed by atoms with Crippen molar-refractivity contribution in [3.8, 4) is 0 Å². The monoisotopic (exact) mass is 142 g/mol. The Morgan fingerprint density at radius 2 is 2.30 bits per heavy atom. The van der Waals surface area contributed by atoms with E-state index in [9.17, 15) is 4.79 Å². The first-order valence-corrected chi connectivity index (χ1v) is 3.78. The minimum Gasteiger partial charge on any atom is -0.374 e. The standard InChI is InChI=1S/C8H14O2/c1-8(2-3-8)4-6-10-7-5-9/h5H,2-4,6-7H2,1H3. The second-order valence-corrected chi connectivity index (χ2v) is 3.30. The number of rotatable bonds is 5. The summed E-state index contributed by atoms with van der Waals surface area (Å²) < 4.78 is 5.03. The summed E-state index contributed by atoms with van der Waals surface area (Å²) in [6, 6.07) is 0. The van der Waals surface area contributed by atoms with Gasteiger partial charge in [-0.05, 0) is 24.7 Å². The Bertz CT molecular complexity index is 116. The van der Waals surface area contributed by atoms with E-state index in [-0.39, 0.29) is 6.61 Å². The van der Waals surface area contributed by atoms with E-state index in [2.05, 4.69) is 6.92 Å². The fraction of sp³-hybridized carbons (Fsp3) is 0.875. The Hall–Kier alpha value is -0.370. The van der Waals surface area contributed by atoms with E-state index < -0.39 is 0 Å². The number of hydrogen-bond acceptors (Lipinski definition) is 2. The van der Waals surface area contributed by atoms with Crippen molar-refractivity contribution in [2.45, 2.75) is 26.2 Å². The quantitative estimate of drug-likeness (QED) is 0.428. The van der Waals surface area contributed by atoms with Gasteiger partial charge in [-0.1, -0.05) is 6.92 Å². The highest BCUT2D eigenvalue weighted by atomic mass is 16.5. The molecule has 2 heteroatoms. The van der Waals surface area contributed by atoms with Crippen molar-refractivity contribution < 1.29 is 9.53 Å². The Morgan fingerprint density at radius 1 is 1.60 bits per heavy atom. The Morgan fingerprint density at radius 3 is 2.80 bits per heavy atom. The molecule has 0 atom stereocenters. The number of carbonyl (C=O) groups is 1. The second-order valence-electron chi connectivity index (χ2n) is 3.30. The summed E-state index contributed by atoms with van der Waals surface area (Å²) in [6.45, 7) is 3.27. The van der Waals surface area contributed by atoms with Gasteiger partial charge in [0.1, 0.15) is 12.9 Å². The zero-order valence-electron chi connectivity index (χ0n) is 6.43. The van der Waals surface area contributed by atoms with Crippen LogP contribution in [-0.4, -0.2) is 19.5 Å². The maximum absolute atomic E-state index is 9.82. The maximum Gasteiger partial charge on any atom is 0.145 e. The highest BCUT2D eigenvalue weighted by molar-refractivity contribution is 5.50. The van der Waals surface area contributed by atoms with Crippen LogP contribution in [0.1, 0.15) is 26.2 Å². The van der Waals surface area contributed by atoms with Gasteiger partial charge in [-0.3, -0.25) is 0 Å². The average Bonchev–Trinajstić information content (AvgIpc) is 2.62. The van der Waals surface area contributed by atoms with Gasteiger partial charge in [-0.25, -0.2) is 0 Å². The summed E-state index contributed by atoms with van der Waals surface area (Å²) in [7, 11) is 0. The Kier molecular flexibility index (Phi) is 2.44. The van der Waals surface area contributed by atoms with Crippen molar-refractivity contribution >= 4 is 6.29 Å². The number of ether oxygens (including phenoxy) is 1. The molecule has 0 unspecified atom stereocenters. The van der Waals surface area contributed by atoms with Gasteiger partial charge in [0.2, 0.25) is 0 Å². The molecule has 0 spiro atoms. The van der Waals surface area contributed by atoms with Gasteiger partial charge in [0, 0.05) is 6.61 Å². The van der Waals surface area contributed by atoms with Crippen molar-refractivity contribution in [1.82, 2.24) is 0 Å². The summed E-state index contributed by atoms with van der Waals surface area (Å²) in [4.78, 5) is 9.82. The third kappa shape index (κ3) is 2.48. The topological polar surface area (TPSA) is 26.3 Å². The first kappa shape index (κ1) is 7.73. The van der Waals surface area contributed by atoms with Crippen molar-refractivity contribution in [3.05, 3.63) is 0 Å². The first-order chi connectivity index (χ1) is 4.77. The fourth-order valence-corrected chi connectivity index (χ4v) is 0.913. The van der Waals surface area contributed by atoms with Crippen molar-refractivity contribution in [2.24, 2.45) is 5.41 Å². The van der Waals surface area contributed by atoms with Gasteiger partial charge in [0.05, 0.1) is 0 Å². The van der Waals surface area contributed by atoms with Crippen LogP contribution < -0.4 is 0 Å². The van der Waals surface area contributed by atoms with Gasteiger partial charge in [-0.2, -0.15) is 0 Å². The molecule has 0 aromatic rings. The van der Waals surface area contributed by atoms with Crippen molar-refractivity contribution in [2.75, 3.05) is 13.2 Å². The molecule has 58 valence electrons. The first-order valence-electron chi connectivity index (χ1n) is 3.78. The summed E-state index contributed by atoms with van der Waals surface area (Å²) in [6.07, 6.45) is 4.57. The fourth-order valence-electron chi connectivity index (χ4n) is 0.913. The Balaban J connectivity index is 1.90. The lowest BCUT2D eigenvalue weighted by Crippen LogP contribution is -2.03. The second kappa shape index (κ2) is 3.15. The highest BCUT2D eigenvalue weighted by Gasteiger charge is 2.36. The number of carbonyl (C=O) groups excluding carboxylic acids is 1. The lowest BCUT2D eigenvalue weighted by molar-refractivity contribution is -0.112. The maximum atomic E-state index is 9.82. The molecule has 0 radical (unpaired) electrons. The van der Waals surface area contributed by atoms with Gasteiger partial charge < -0.3 is 9.53 Å². The molecule has 0 saturated heterocycles. The van der Waals surface area contributed by atoms with Crippen LogP contribution >= 0.6 is 0 Å².